The number of nitrogens with zero attached hydrogens (tertiary/aromatic N) is 4. The first-order valence-electron chi connectivity index (χ1n) is 9.76. The number of thioether (sulfide) groups is 1. The van der Waals surface area contributed by atoms with Gasteiger partial charge in [-0.3, -0.25) is 0 Å². The maximum atomic E-state index is 13.6. The van der Waals surface area contributed by atoms with E-state index in [0.717, 1.165) is 28.6 Å². The molecule has 2 unspecified atom stereocenters. The molecule has 3 N–H and O–H groups in total. The SMILES string of the molecule is [C-]#[N+]c1ccc(Cl)cc1S[C@H]1OC(CO)[C@H](O)C(n2cc(-c3cc(F)c(F)c(F)c3)nn2)[C@@H]1O. The molecule has 0 radical (unpaired) electrons. The maximum Gasteiger partial charge on any atom is 0.200 e. The maximum absolute atomic E-state index is 13.6. The van der Waals surface area contributed by atoms with Gasteiger partial charge in [0, 0.05) is 15.5 Å². The summed E-state index contributed by atoms with van der Waals surface area (Å²) in [4.78, 5) is 3.82. The van der Waals surface area contributed by atoms with Crippen molar-refractivity contribution in [2.75, 3.05) is 6.61 Å². The van der Waals surface area contributed by atoms with E-state index in [2.05, 4.69) is 15.2 Å². The molecule has 0 aliphatic carbocycles. The minimum Gasteiger partial charge on any atom is -0.394 e. The molecule has 4 rings (SSSR count). The van der Waals surface area contributed by atoms with Crippen molar-refractivity contribution >= 4 is 29.1 Å². The largest absolute Gasteiger partial charge is 0.394 e. The number of aliphatic hydroxyl groups excluding tert-OH is 3. The quantitative estimate of drug-likeness (QED) is 0.356. The van der Waals surface area contributed by atoms with E-state index >= 15 is 0 Å². The number of rotatable bonds is 5. The van der Waals surface area contributed by atoms with Crippen LogP contribution in [0.15, 0.2) is 41.4 Å². The van der Waals surface area contributed by atoms with Gasteiger partial charge in [-0.05, 0) is 18.2 Å². The minimum atomic E-state index is -1.63. The van der Waals surface area contributed by atoms with Crippen molar-refractivity contribution in [3.63, 3.8) is 0 Å². The number of aromatic nitrogens is 3. The lowest BCUT2D eigenvalue weighted by Gasteiger charge is -2.41. The predicted molar refractivity (Wildman–Crippen MR) is 116 cm³/mol. The van der Waals surface area contributed by atoms with E-state index < -0.39 is 53.8 Å². The molecular formula is C21H16ClF3N4O4S. The van der Waals surface area contributed by atoms with Crippen molar-refractivity contribution in [1.29, 1.82) is 0 Å². The summed E-state index contributed by atoms with van der Waals surface area (Å²) in [5.74, 6) is -4.45. The van der Waals surface area contributed by atoms with Gasteiger partial charge in [0.2, 0.25) is 5.69 Å². The van der Waals surface area contributed by atoms with Crippen LogP contribution in [0.1, 0.15) is 6.04 Å². The fourth-order valence-electron chi connectivity index (χ4n) is 3.54. The van der Waals surface area contributed by atoms with Gasteiger partial charge in [0.15, 0.2) is 17.5 Å². The first-order chi connectivity index (χ1) is 16.2. The van der Waals surface area contributed by atoms with E-state index in [1.54, 1.807) is 0 Å². The van der Waals surface area contributed by atoms with Gasteiger partial charge in [0.1, 0.15) is 35.5 Å². The Morgan fingerprint density at radius 1 is 1.15 bits per heavy atom. The molecule has 1 fully saturated rings. The number of hydrogen-bond acceptors (Lipinski definition) is 7. The number of hydrogen-bond donors (Lipinski definition) is 3. The second-order valence-corrected chi connectivity index (χ2v) is 8.95. The highest BCUT2D eigenvalue weighted by molar-refractivity contribution is 8.00. The Bertz CT molecular complexity index is 1230. The normalized spacial score (nSPS) is 24.7. The van der Waals surface area contributed by atoms with Crippen LogP contribution in [0.4, 0.5) is 18.9 Å². The fourth-order valence-corrected chi connectivity index (χ4v) is 4.95. The fraction of sp³-hybridized carbons (Fsp3) is 0.286. The van der Waals surface area contributed by atoms with Crippen LogP contribution in [0.3, 0.4) is 0 Å². The average Bonchev–Trinajstić information content (AvgIpc) is 3.29. The molecule has 0 bridgehead atoms. The van der Waals surface area contributed by atoms with E-state index in [1.165, 1.54) is 24.4 Å². The molecule has 178 valence electrons. The highest BCUT2D eigenvalue weighted by Gasteiger charge is 2.46. The lowest BCUT2D eigenvalue weighted by Crippen LogP contribution is -2.55. The molecule has 0 saturated carbocycles. The molecule has 1 aromatic heterocycles. The molecule has 1 aliphatic heterocycles. The summed E-state index contributed by atoms with van der Waals surface area (Å²) in [5.41, 5.74) is -0.947. The molecule has 8 nitrogen and oxygen atoms in total. The van der Waals surface area contributed by atoms with E-state index in [1.807, 2.05) is 0 Å². The summed E-state index contributed by atoms with van der Waals surface area (Å²) >= 11 is 7.00. The third-order valence-corrected chi connectivity index (χ3v) is 6.67. The molecule has 5 atom stereocenters. The van der Waals surface area contributed by atoms with Crippen molar-refractivity contribution in [3.05, 3.63) is 70.4 Å². The molecule has 1 aliphatic rings. The zero-order valence-corrected chi connectivity index (χ0v) is 18.6. The smallest absolute Gasteiger partial charge is 0.200 e. The first-order valence-corrected chi connectivity index (χ1v) is 11.0. The lowest BCUT2D eigenvalue weighted by molar-refractivity contribution is -0.178. The van der Waals surface area contributed by atoms with Gasteiger partial charge >= 0.3 is 0 Å². The second kappa shape index (κ2) is 9.91. The third kappa shape index (κ3) is 4.63. The van der Waals surface area contributed by atoms with Crippen LogP contribution < -0.4 is 0 Å². The van der Waals surface area contributed by atoms with E-state index in [4.69, 9.17) is 22.9 Å². The van der Waals surface area contributed by atoms with E-state index in [9.17, 15) is 28.5 Å². The summed E-state index contributed by atoms with van der Waals surface area (Å²) in [6.45, 7) is 6.72. The average molecular weight is 513 g/mol. The molecule has 34 heavy (non-hydrogen) atoms. The van der Waals surface area contributed by atoms with Crippen LogP contribution in [0.2, 0.25) is 5.02 Å². The summed E-state index contributed by atoms with van der Waals surface area (Å²) < 4.78 is 47.3. The highest BCUT2D eigenvalue weighted by atomic mass is 35.5. The summed E-state index contributed by atoms with van der Waals surface area (Å²) in [5, 5.41) is 39.4. The Morgan fingerprint density at radius 3 is 2.50 bits per heavy atom. The molecule has 2 heterocycles. The Morgan fingerprint density at radius 2 is 1.85 bits per heavy atom. The minimum absolute atomic E-state index is 0.0430. The standard InChI is InChI=1S/C21H16ClF3N4O4S/c1-26-13-3-2-10(22)6-16(13)34-21-20(32)18(19(31)15(8-30)33-21)29-7-14(27-28-29)9-4-11(23)17(25)12(24)5-9/h2-7,15,18-21,30-32H,8H2/t15?,18?,19-,20-,21+/m0/s1. The van der Waals surface area contributed by atoms with Gasteiger partial charge in [0.05, 0.1) is 19.4 Å². The van der Waals surface area contributed by atoms with Gasteiger partial charge in [-0.15, -0.1) is 16.9 Å². The lowest BCUT2D eigenvalue weighted by atomic mass is 9.97. The molecular weight excluding hydrogens is 497 g/mol. The number of ether oxygens (including phenoxy) is 1. The van der Waals surface area contributed by atoms with Crippen LogP contribution in [0, 0.1) is 24.0 Å². The number of aliphatic hydroxyl groups is 3. The number of benzene rings is 2. The molecule has 13 heteroatoms. The molecule has 3 aromatic rings. The molecule has 0 amide bonds. The summed E-state index contributed by atoms with van der Waals surface area (Å²) in [6, 6.07) is 4.86. The number of halogens is 4. The van der Waals surface area contributed by atoms with Crippen LogP contribution in [-0.4, -0.2) is 60.7 Å². The van der Waals surface area contributed by atoms with E-state index in [-0.39, 0.29) is 16.9 Å². The van der Waals surface area contributed by atoms with Crippen molar-refractivity contribution in [2.24, 2.45) is 0 Å². The molecule has 0 spiro atoms. The van der Waals surface area contributed by atoms with Crippen LogP contribution in [-0.2, 0) is 4.74 Å². The van der Waals surface area contributed by atoms with Crippen molar-refractivity contribution in [2.45, 2.75) is 34.7 Å². The van der Waals surface area contributed by atoms with Crippen molar-refractivity contribution < 1.29 is 33.2 Å². The Kier molecular flexibility index (Phi) is 7.13. The molecule has 2 aromatic carbocycles. The van der Waals surface area contributed by atoms with Crippen LogP contribution in [0.5, 0.6) is 0 Å². The Balaban J connectivity index is 1.66. The van der Waals surface area contributed by atoms with Gasteiger partial charge in [-0.1, -0.05) is 28.9 Å². The Hall–Kier alpha value is -2.66. The highest BCUT2D eigenvalue weighted by Crippen LogP contribution is 2.42. The summed E-state index contributed by atoms with van der Waals surface area (Å²) in [7, 11) is 0. The topological polar surface area (TPSA) is 105 Å². The second-order valence-electron chi connectivity index (χ2n) is 7.38. The Labute approximate surface area is 200 Å². The van der Waals surface area contributed by atoms with Crippen molar-refractivity contribution in [3.8, 4) is 11.3 Å². The van der Waals surface area contributed by atoms with E-state index in [0.29, 0.717) is 9.92 Å². The van der Waals surface area contributed by atoms with Gasteiger partial charge < -0.3 is 20.1 Å². The van der Waals surface area contributed by atoms with Gasteiger partial charge in [-0.25, -0.2) is 22.7 Å². The van der Waals surface area contributed by atoms with Gasteiger partial charge in [-0.2, -0.15) is 0 Å². The first kappa shape index (κ1) is 24.5. The van der Waals surface area contributed by atoms with Crippen molar-refractivity contribution in [1.82, 2.24) is 15.0 Å². The predicted octanol–water partition coefficient (Wildman–Crippen LogP) is 3.34. The summed E-state index contributed by atoms with van der Waals surface area (Å²) in [6.07, 6.45) is -2.77. The zero-order chi connectivity index (χ0) is 24.6. The zero-order valence-electron chi connectivity index (χ0n) is 17.0. The molecule has 1 saturated heterocycles. The van der Waals surface area contributed by atoms with Crippen LogP contribution >= 0.6 is 23.4 Å². The van der Waals surface area contributed by atoms with Gasteiger partial charge in [0.25, 0.3) is 0 Å². The van der Waals surface area contributed by atoms with Crippen LogP contribution in [0.25, 0.3) is 16.1 Å². The monoisotopic (exact) mass is 512 g/mol. The third-order valence-electron chi connectivity index (χ3n) is 5.23.